The van der Waals surface area contributed by atoms with E-state index in [1.165, 1.54) is 0 Å². The molecule has 0 aliphatic carbocycles. The maximum Gasteiger partial charge on any atom is 0.260 e. The van der Waals surface area contributed by atoms with Crippen LogP contribution in [0.3, 0.4) is 0 Å². The van der Waals surface area contributed by atoms with Gasteiger partial charge >= 0.3 is 0 Å². The number of nitrogens with zero attached hydrogens (tertiary/aromatic N) is 4. The predicted molar refractivity (Wildman–Crippen MR) is 214 cm³/mol. The number of methoxy groups -OCH3 is 3. The third kappa shape index (κ3) is 7.58. The number of anilines is 1. The Balaban J connectivity index is 0.988. The van der Waals surface area contributed by atoms with E-state index in [4.69, 9.17) is 34.4 Å². The summed E-state index contributed by atoms with van der Waals surface area (Å²) in [7, 11) is 4.74. The maximum atomic E-state index is 13.7. The van der Waals surface area contributed by atoms with E-state index in [-0.39, 0.29) is 18.0 Å². The predicted octanol–water partition coefficient (Wildman–Crippen LogP) is 7.57. The Morgan fingerprint density at radius 2 is 1.49 bits per heavy atom. The first-order valence-electron chi connectivity index (χ1n) is 18.1. The molecular formula is C43H45N5O7. The first kappa shape index (κ1) is 37.1. The van der Waals surface area contributed by atoms with Crippen molar-refractivity contribution < 1.29 is 33.6 Å². The number of aliphatic hydroxyl groups is 1. The number of aliphatic imine (C=N–C) groups is 2. The average Bonchev–Trinajstić information content (AvgIpc) is 3.80. The van der Waals surface area contributed by atoms with Crippen molar-refractivity contribution in [3.63, 3.8) is 0 Å². The fourth-order valence-electron chi connectivity index (χ4n) is 7.13. The molecule has 0 spiro atoms. The van der Waals surface area contributed by atoms with Gasteiger partial charge in [0.05, 0.1) is 57.5 Å². The summed E-state index contributed by atoms with van der Waals surface area (Å²) in [5.41, 5.74) is 12.8. The van der Waals surface area contributed by atoms with Gasteiger partial charge in [-0.2, -0.15) is 0 Å². The molecule has 0 saturated heterocycles. The van der Waals surface area contributed by atoms with E-state index in [2.05, 4.69) is 18.6 Å². The lowest BCUT2D eigenvalue weighted by atomic mass is 10.0. The van der Waals surface area contributed by atoms with Gasteiger partial charge in [0.2, 0.25) is 0 Å². The second-order valence-electron chi connectivity index (χ2n) is 13.6. The van der Waals surface area contributed by atoms with Crippen molar-refractivity contribution in [2.45, 2.75) is 44.5 Å². The molecule has 4 aromatic carbocycles. The second-order valence-corrected chi connectivity index (χ2v) is 13.6. The number of nitrogens with two attached hydrogens (primary N) is 1. The number of carbonyl (C=O) groups is 1. The molecule has 1 unspecified atom stereocenters. The van der Waals surface area contributed by atoms with Crippen molar-refractivity contribution in [2.75, 3.05) is 40.3 Å². The van der Waals surface area contributed by atoms with Crippen LogP contribution in [0.25, 0.3) is 11.1 Å². The first-order valence-corrected chi connectivity index (χ1v) is 18.1. The van der Waals surface area contributed by atoms with Crippen LogP contribution in [0.1, 0.15) is 59.5 Å². The topological polar surface area (TPSA) is 141 Å². The molecular weight excluding hydrogens is 699 g/mol. The van der Waals surface area contributed by atoms with Crippen molar-refractivity contribution in [3.8, 4) is 28.7 Å². The smallest absolute Gasteiger partial charge is 0.260 e. The lowest BCUT2D eigenvalue weighted by Crippen LogP contribution is -2.32. The Morgan fingerprint density at radius 1 is 0.855 bits per heavy atom. The van der Waals surface area contributed by atoms with Gasteiger partial charge in [-0.15, -0.1) is 0 Å². The van der Waals surface area contributed by atoms with E-state index >= 15 is 0 Å². The largest absolute Gasteiger partial charge is 0.497 e. The lowest BCUT2D eigenvalue weighted by molar-refractivity contribution is 0.0210. The number of fused-ring (bicyclic) bond motifs is 2. The monoisotopic (exact) mass is 743 g/mol. The van der Waals surface area contributed by atoms with Crippen LogP contribution in [-0.2, 0) is 0 Å². The van der Waals surface area contributed by atoms with E-state index < -0.39 is 6.23 Å². The zero-order valence-corrected chi connectivity index (χ0v) is 31.4. The summed E-state index contributed by atoms with van der Waals surface area (Å²) in [4.78, 5) is 26.3. The quantitative estimate of drug-likeness (QED) is 0.0760. The van der Waals surface area contributed by atoms with Gasteiger partial charge in [0.25, 0.3) is 5.91 Å². The molecule has 3 aliphatic rings. The molecule has 0 bridgehead atoms. The summed E-state index contributed by atoms with van der Waals surface area (Å²) in [5.74, 6) is 2.46. The van der Waals surface area contributed by atoms with E-state index in [1.54, 1.807) is 56.7 Å². The van der Waals surface area contributed by atoms with E-state index in [1.807, 2.05) is 65.8 Å². The van der Waals surface area contributed by atoms with Crippen LogP contribution in [0.4, 0.5) is 17.1 Å². The van der Waals surface area contributed by atoms with Gasteiger partial charge in [0, 0.05) is 60.9 Å². The Morgan fingerprint density at radius 3 is 2.15 bits per heavy atom. The lowest BCUT2D eigenvalue weighted by Gasteiger charge is -2.29. The number of benzene rings is 4. The molecule has 12 nitrogen and oxygen atoms in total. The molecule has 1 amide bonds. The zero-order chi connectivity index (χ0) is 38.6. The van der Waals surface area contributed by atoms with E-state index in [9.17, 15) is 9.90 Å². The van der Waals surface area contributed by atoms with Crippen molar-refractivity contribution in [1.82, 2.24) is 9.80 Å². The average molecular weight is 744 g/mol. The number of carbonyl (C=O) groups excluding carboxylic acids is 1. The zero-order valence-electron chi connectivity index (χ0n) is 31.4. The summed E-state index contributed by atoms with van der Waals surface area (Å²) in [6.07, 6.45) is 6.63. The number of aliphatic hydroxyl groups excluding tert-OH is 1. The third-order valence-corrected chi connectivity index (χ3v) is 10.1. The number of rotatable bonds is 14. The molecule has 3 atom stereocenters. The highest BCUT2D eigenvalue weighted by molar-refractivity contribution is 6.05. The van der Waals surface area contributed by atoms with E-state index in [0.717, 1.165) is 34.4 Å². The van der Waals surface area contributed by atoms with Gasteiger partial charge in [0.1, 0.15) is 5.75 Å². The number of amides is 1. The van der Waals surface area contributed by atoms with Gasteiger partial charge in [-0.25, -0.2) is 0 Å². The van der Waals surface area contributed by atoms with Crippen LogP contribution in [0.5, 0.6) is 28.7 Å². The van der Waals surface area contributed by atoms with Crippen molar-refractivity contribution in [3.05, 3.63) is 107 Å². The molecule has 3 heterocycles. The van der Waals surface area contributed by atoms with Crippen LogP contribution >= 0.6 is 0 Å². The molecule has 0 radical (unpaired) electrons. The Labute approximate surface area is 320 Å². The van der Waals surface area contributed by atoms with Gasteiger partial charge < -0.3 is 44.3 Å². The van der Waals surface area contributed by atoms with Crippen LogP contribution in [-0.4, -0.2) is 80.4 Å². The van der Waals surface area contributed by atoms with Crippen LogP contribution < -0.4 is 29.4 Å². The third-order valence-electron chi connectivity index (χ3n) is 10.1. The second kappa shape index (κ2) is 16.0. The molecule has 3 aliphatic heterocycles. The van der Waals surface area contributed by atoms with E-state index in [0.29, 0.717) is 77.2 Å². The molecule has 0 saturated carbocycles. The molecule has 55 heavy (non-hydrogen) atoms. The Bertz CT molecular complexity index is 2160. The molecule has 3 N–H and O–H groups in total. The van der Waals surface area contributed by atoms with Crippen molar-refractivity contribution >= 4 is 47.0 Å². The molecule has 284 valence electrons. The van der Waals surface area contributed by atoms with Gasteiger partial charge in [-0.05, 0) is 78.7 Å². The Kier molecular flexibility index (Phi) is 10.8. The molecule has 4 aromatic rings. The summed E-state index contributed by atoms with van der Waals surface area (Å²) in [6, 6.07) is 22.3. The summed E-state index contributed by atoms with van der Waals surface area (Å²) in [6.45, 7) is 6.43. The highest BCUT2D eigenvalue weighted by Gasteiger charge is 2.34. The Hall–Kier alpha value is -6.27. The fourth-order valence-corrected chi connectivity index (χ4v) is 7.13. The summed E-state index contributed by atoms with van der Waals surface area (Å²) in [5, 5.41) is 11.6. The normalized spacial score (nSPS) is 17.8. The van der Waals surface area contributed by atoms with Crippen LogP contribution in [0, 0.1) is 0 Å². The maximum absolute atomic E-state index is 13.7. The number of nitrogen functional groups attached to an aromatic ring is 1. The minimum absolute atomic E-state index is 0.0425. The number of hydrogen-bond donors (Lipinski definition) is 2. The number of ether oxygens (including phenoxy) is 5. The molecule has 0 aromatic heterocycles. The highest BCUT2D eigenvalue weighted by Crippen LogP contribution is 2.43. The molecule has 7 rings (SSSR count). The van der Waals surface area contributed by atoms with Gasteiger partial charge in [0.15, 0.2) is 29.2 Å². The fraction of sp³-hybridized carbons (Fsp3) is 0.279. The highest BCUT2D eigenvalue weighted by atomic mass is 16.5. The SMILES string of the molecule is C=Nc1cc(OCCCOc2cc3c(cc2OC)C(=O)N2C=C(c4ccc(N)cc4)C[C@H]2C=N3)c(OC)cc1C(O)N1C=C(c2ccc(OC)cc2)C[C@H]1C. The van der Waals surface area contributed by atoms with Crippen LogP contribution in [0.15, 0.2) is 95.2 Å². The van der Waals surface area contributed by atoms with Crippen LogP contribution in [0.2, 0.25) is 0 Å². The molecule has 0 fully saturated rings. The van der Waals surface area contributed by atoms with Crippen molar-refractivity contribution in [1.29, 1.82) is 0 Å². The van der Waals surface area contributed by atoms with Gasteiger partial charge in [-0.3, -0.25) is 14.8 Å². The van der Waals surface area contributed by atoms with Crippen molar-refractivity contribution in [2.24, 2.45) is 9.98 Å². The standard InChI is InChI=1S/C43H45N5O7/c1-26-17-29(28-9-13-33(51-3)14-10-28)24-47(26)42(49)34-19-38(52-4)40(21-36(34)45-2)54-15-6-16-55-41-22-37-35(20-39(41)53-5)43(50)48-25-30(18-32(48)23-46-37)27-7-11-31(44)12-8-27/h7-14,19-26,32,42,49H,2,6,15-18,44H2,1,3-5H3/t26-,32+,42?/m1/s1. The minimum Gasteiger partial charge on any atom is -0.497 e. The first-order chi connectivity index (χ1) is 26.7. The minimum atomic E-state index is -0.988. The number of hydrogen-bond acceptors (Lipinski definition) is 11. The molecule has 12 heteroatoms. The van der Waals surface area contributed by atoms with Gasteiger partial charge in [-0.1, -0.05) is 24.3 Å². The summed E-state index contributed by atoms with van der Waals surface area (Å²) < 4.78 is 28.9. The summed E-state index contributed by atoms with van der Waals surface area (Å²) >= 11 is 0.